The van der Waals surface area contributed by atoms with Gasteiger partial charge in [0.1, 0.15) is 0 Å². The van der Waals surface area contributed by atoms with Crippen LogP contribution in [0.3, 0.4) is 0 Å². The number of carboxylic acids is 1. The average Bonchev–Trinajstić information content (AvgIpc) is 2.62. The van der Waals surface area contributed by atoms with Crippen molar-refractivity contribution in [2.24, 2.45) is 5.92 Å². The summed E-state index contributed by atoms with van der Waals surface area (Å²) in [7, 11) is -3.69. The predicted octanol–water partition coefficient (Wildman–Crippen LogP) is 0.892. The minimum atomic E-state index is -3.69. The van der Waals surface area contributed by atoms with Gasteiger partial charge in [-0.25, -0.2) is 13.1 Å². The zero-order valence-corrected chi connectivity index (χ0v) is 13.0. The minimum Gasteiger partial charge on any atom is -0.481 e. The lowest BCUT2D eigenvalue weighted by Gasteiger charge is -2.22. The molecule has 2 atom stereocenters. The van der Waals surface area contributed by atoms with E-state index in [4.69, 9.17) is 0 Å². The van der Waals surface area contributed by atoms with Crippen LogP contribution in [0.15, 0.2) is 0 Å². The smallest absolute Gasteiger partial charge is 0.308 e. The molecular formula is C13H23NO6S. The van der Waals surface area contributed by atoms with Crippen LogP contribution < -0.4 is 4.72 Å². The number of carboxylic acid groups (broad SMARTS) is 1. The van der Waals surface area contributed by atoms with Gasteiger partial charge in [0.25, 0.3) is 0 Å². The number of sulfonamides is 1. The van der Waals surface area contributed by atoms with E-state index in [0.717, 1.165) is 19.3 Å². The molecule has 0 amide bonds. The number of nitrogens with one attached hydrogen (secondary N) is 1. The lowest BCUT2D eigenvalue weighted by atomic mass is 9.96. The maximum atomic E-state index is 12.0. The highest BCUT2D eigenvalue weighted by Crippen LogP contribution is 2.24. The van der Waals surface area contributed by atoms with Crippen LogP contribution in [-0.4, -0.2) is 43.9 Å². The van der Waals surface area contributed by atoms with Crippen LogP contribution >= 0.6 is 0 Å². The first-order chi connectivity index (χ1) is 9.85. The van der Waals surface area contributed by atoms with Gasteiger partial charge in [-0.05, 0) is 19.8 Å². The van der Waals surface area contributed by atoms with Gasteiger partial charge in [0, 0.05) is 6.04 Å². The van der Waals surface area contributed by atoms with Crippen molar-refractivity contribution in [3.63, 3.8) is 0 Å². The Bertz CT molecular complexity index is 461. The monoisotopic (exact) mass is 321 g/mol. The Hall–Kier alpha value is -1.15. The Morgan fingerprint density at radius 2 is 1.90 bits per heavy atom. The van der Waals surface area contributed by atoms with E-state index in [0.29, 0.717) is 12.8 Å². The van der Waals surface area contributed by atoms with Crippen molar-refractivity contribution in [1.82, 2.24) is 4.72 Å². The average molecular weight is 321 g/mol. The Balaban J connectivity index is 2.62. The number of carbonyl (C=O) groups is 2. The molecule has 0 spiro atoms. The van der Waals surface area contributed by atoms with Gasteiger partial charge >= 0.3 is 11.9 Å². The third-order valence-electron chi connectivity index (χ3n) is 3.54. The summed E-state index contributed by atoms with van der Waals surface area (Å²) in [4.78, 5) is 22.4. The van der Waals surface area contributed by atoms with Gasteiger partial charge in [0.05, 0.1) is 24.7 Å². The summed E-state index contributed by atoms with van der Waals surface area (Å²) in [6.07, 6.45) is 3.25. The van der Waals surface area contributed by atoms with Crippen LogP contribution in [-0.2, 0) is 24.3 Å². The predicted molar refractivity (Wildman–Crippen MR) is 76.2 cm³/mol. The summed E-state index contributed by atoms with van der Waals surface area (Å²) in [5.74, 6) is -2.63. The number of hydrogen-bond acceptors (Lipinski definition) is 5. The maximum absolute atomic E-state index is 12.0. The zero-order valence-electron chi connectivity index (χ0n) is 12.2. The lowest BCUT2D eigenvalue weighted by molar-refractivity contribution is -0.143. The normalized spacial score (nSPS) is 23.3. The first-order valence-corrected chi connectivity index (χ1v) is 8.89. The molecule has 7 nitrogen and oxygen atoms in total. The van der Waals surface area contributed by atoms with Crippen molar-refractivity contribution < 1.29 is 27.9 Å². The quantitative estimate of drug-likeness (QED) is 0.532. The fourth-order valence-electron chi connectivity index (χ4n) is 2.48. The Labute approximate surface area is 125 Å². The minimum absolute atomic E-state index is 0.204. The second-order valence-corrected chi connectivity index (χ2v) is 7.05. The highest BCUT2D eigenvalue weighted by Gasteiger charge is 2.32. The molecule has 0 heterocycles. The molecule has 1 fully saturated rings. The van der Waals surface area contributed by atoms with Crippen molar-refractivity contribution in [2.45, 2.75) is 51.5 Å². The third kappa shape index (κ3) is 6.43. The maximum Gasteiger partial charge on any atom is 0.308 e. The van der Waals surface area contributed by atoms with Crippen LogP contribution in [0.25, 0.3) is 0 Å². The van der Waals surface area contributed by atoms with Gasteiger partial charge in [-0.3, -0.25) is 9.59 Å². The van der Waals surface area contributed by atoms with E-state index in [1.165, 1.54) is 0 Å². The number of rotatable bonds is 7. The second-order valence-electron chi connectivity index (χ2n) is 5.18. The first-order valence-electron chi connectivity index (χ1n) is 7.24. The molecule has 122 valence electrons. The fraction of sp³-hybridized carbons (Fsp3) is 0.846. The Morgan fingerprint density at radius 3 is 2.52 bits per heavy atom. The van der Waals surface area contributed by atoms with Gasteiger partial charge in [0.2, 0.25) is 10.0 Å². The summed E-state index contributed by atoms with van der Waals surface area (Å²) in [5.41, 5.74) is 0. The molecule has 1 saturated carbocycles. The number of carbonyl (C=O) groups excluding carboxylic acids is 1. The van der Waals surface area contributed by atoms with Gasteiger partial charge in [0.15, 0.2) is 0 Å². The second kappa shape index (κ2) is 8.33. The standard InChI is InChI=1S/C13H23NO6S/c1-2-20-12(15)8-9-21(18,19)14-11-7-5-3-4-6-10(11)13(16)17/h10-11,14H,2-9H2,1H3,(H,16,17). The van der Waals surface area contributed by atoms with Crippen molar-refractivity contribution in [3.8, 4) is 0 Å². The summed E-state index contributed by atoms with van der Waals surface area (Å²) >= 11 is 0. The van der Waals surface area contributed by atoms with Gasteiger partial charge in [-0.15, -0.1) is 0 Å². The van der Waals surface area contributed by atoms with Crippen LogP contribution in [0.5, 0.6) is 0 Å². The zero-order chi connectivity index (χ0) is 15.9. The Kier molecular flexibility index (Phi) is 7.10. The molecule has 8 heteroatoms. The van der Waals surface area contributed by atoms with Crippen molar-refractivity contribution in [2.75, 3.05) is 12.4 Å². The molecule has 1 rings (SSSR count). The first kappa shape index (κ1) is 17.9. The molecule has 0 radical (unpaired) electrons. The lowest BCUT2D eigenvalue weighted by Crippen LogP contribution is -2.43. The highest BCUT2D eigenvalue weighted by molar-refractivity contribution is 7.89. The molecule has 0 aromatic rings. The molecule has 0 saturated heterocycles. The van der Waals surface area contributed by atoms with Gasteiger partial charge in [-0.1, -0.05) is 19.3 Å². The molecule has 21 heavy (non-hydrogen) atoms. The summed E-state index contributed by atoms with van der Waals surface area (Å²) < 4.78 is 31.1. The molecule has 2 N–H and O–H groups in total. The van der Waals surface area contributed by atoms with Crippen LogP contribution in [0, 0.1) is 5.92 Å². The molecular weight excluding hydrogens is 298 g/mol. The molecule has 1 aliphatic carbocycles. The van der Waals surface area contributed by atoms with Gasteiger partial charge in [-0.2, -0.15) is 0 Å². The van der Waals surface area contributed by atoms with Crippen LogP contribution in [0.4, 0.5) is 0 Å². The van der Waals surface area contributed by atoms with Crippen molar-refractivity contribution in [3.05, 3.63) is 0 Å². The van der Waals surface area contributed by atoms with E-state index in [1.54, 1.807) is 6.92 Å². The van der Waals surface area contributed by atoms with E-state index in [1.807, 2.05) is 0 Å². The van der Waals surface area contributed by atoms with Crippen LogP contribution in [0.1, 0.15) is 45.4 Å². The van der Waals surface area contributed by atoms with E-state index >= 15 is 0 Å². The van der Waals surface area contributed by atoms with Crippen molar-refractivity contribution in [1.29, 1.82) is 0 Å². The summed E-state index contributed by atoms with van der Waals surface area (Å²) in [5, 5.41) is 9.21. The van der Waals surface area contributed by atoms with E-state index in [-0.39, 0.29) is 18.8 Å². The number of ether oxygens (including phenoxy) is 1. The number of aliphatic carboxylic acids is 1. The van der Waals surface area contributed by atoms with E-state index in [2.05, 4.69) is 9.46 Å². The molecule has 0 aromatic heterocycles. The fourth-order valence-corrected chi connectivity index (χ4v) is 3.78. The largest absolute Gasteiger partial charge is 0.481 e. The molecule has 1 aliphatic rings. The topological polar surface area (TPSA) is 110 Å². The Morgan fingerprint density at radius 1 is 1.24 bits per heavy atom. The number of esters is 1. The molecule has 0 bridgehead atoms. The van der Waals surface area contributed by atoms with E-state index in [9.17, 15) is 23.1 Å². The molecule has 2 unspecified atom stereocenters. The SMILES string of the molecule is CCOC(=O)CCS(=O)(=O)NC1CCCCCC1C(=O)O. The third-order valence-corrected chi connectivity index (χ3v) is 4.95. The summed E-state index contributed by atoms with van der Waals surface area (Å²) in [6.45, 7) is 1.85. The van der Waals surface area contributed by atoms with Crippen molar-refractivity contribution >= 4 is 22.0 Å². The molecule has 0 aliphatic heterocycles. The highest BCUT2D eigenvalue weighted by atomic mass is 32.2. The van der Waals surface area contributed by atoms with Gasteiger partial charge < -0.3 is 9.84 Å². The van der Waals surface area contributed by atoms with E-state index < -0.39 is 33.9 Å². The van der Waals surface area contributed by atoms with Crippen LogP contribution in [0.2, 0.25) is 0 Å². The summed E-state index contributed by atoms with van der Waals surface area (Å²) in [6, 6.07) is -0.600. The molecule has 0 aromatic carbocycles. The number of hydrogen-bond donors (Lipinski definition) is 2.